The maximum atomic E-state index is 5.03. The van der Waals surface area contributed by atoms with Gasteiger partial charge in [0.15, 0.2) is 0 Å². The van der Waals surface area contributed by atoms with E-state index in [0.717, 1.165) is 13.0 Å². The van der Waals surface area contributed by atoms with E-state index in [4.69, 9.17) is 5.73 Å². The lowest BCUT2D eigenvalue weighted by Crippen LogP contribution is -1.93. The highest BCUT2D eigenvalue weighted by molar-refractivity contribution is 4.19. The minimum absolute atomic E-state index is 0.819. The first-order valence-electron chi connectivity index (χ1n) is 3.53. The zero-order chi connectivity index (χ0) is 6.83. The molecule has 0 spiro atoms. The number of hydrogen-bond acceptors (Lipinski definition) is 1. The third kappa shape index (κ3) is 38.2. The Morgan fingerprint density at radius 2 is 1.12 bits per heavy atom. The van der Waals surface area contributed by atoms with E-state index in [2.05, 4.69) is 20.8 Å². The van der Waals surface area contributed by atoms with Crippen LogP contribution in [0, 0.1) is 0 Å². The Kier molecular flexibility index (Phi) is 21.4. The molecule has 0 aliphatic rings. The van der Waals surface area contributed by atoms with Crippen LogP contribution in [0.4, 0.5) is 0 Å². The minimum atomic E-state index is 0.819. The van der Waals surface area contributed by atoms with Crippen molar-refractivity contribution in [2.24, 2.45) is 5.73 Å². The van der Waals surface area contributed by atoms with Gasteiger partial charge in [0.25, 0.3) is 0 Å². The van der Waals surface area contributed by atoms with Crippen molar-refractivity contribution in [3.8, 4) is 0 Å². The van der Waals surface area contributed by atoms with Crippen LogP contribution in [-0.2, 0) is 0 Å². The van der Waals surface area contributed by atoms with Crippen molar-refractivity contribution >= 4 is 0 Å². The van der Waals surface area contributed by atoms with E-state index in [9.17, 15) is 0 Å². The van der Waals surface area contributed by atoms with Crippen LogP contribution >= 0.6 is 0 Å². The molecule has 0 unspecified atom stereocenters. The van der Waals surface area contributed by atoms with Gasteiger partial charge in [-0.15, -0.1) is 0 Å². The van der Waals surface area contributed by atoms with E-state index in [1.807, 2.05) is 0 Å². The topological polar surface area (TPSA) is 26.0 Å². The highest BCUT2D eigenvalue weighted by atomic mass is 14.5. The van der Waals surface area contributed by atoms with Crippen LogP contribution in [0.15, 0.2) is 0 Å². The molecular formula is C7H19N. The molecule has 0 saturated carbocycles. The SMILES string of the molecule is CCCC.CCCN. The first-order valence-corrected chi connectivity index (χ1v) is 3.53. The molecule has 0 fully saturated rings. The summed E-state index contributed by atoms with van der Waals surface area (Å²) in [5, 5.41) is 0. The third-order valence-electron chi connectivity index (χ3n) is 0.789. The predicted molar refractivity (Wildman–Crippen MR) is 39.9 cm³/mol. The van der Waals surface area contributed by atoms with E-state index in [0.29, 0.717) is 0 Å². The lowest BCUT2D eigenvalue weighted by atomic mass is 10.4. The summed E-state index contributed by atoms with van der Waals surface area (Å²) in [4.78, 5) is 0. The maximum Gasteiger partial charge on any atom is -0.00799 e. The van der Waals surface area contributed by atoms with Crippen molar-refractivity contribution in [3.63, 3.8) is 0 Å². The summed E-state index contributed by atoms with van der Waals surface area (Å²) >= 11 is 0. The Morgan fingerprint density at radius 3 is 1.12 bits per heavy atom. The quantitative estimate of drug-likeness (QED) is 0.589. The molecular weight excluding hydrogens is 98.1 g/mol. The summed E-state index contributed by atoms with van der Waals surface area (Å²) < 4.78 is 0. The Morgan fingerprint density at radius 1 is 0.875 bits per heavy atom. The van der Waals surface area contributed by atoms with Crippen LogP contribution < -0.4 is 5.73 Å². The number of rotatable bonds is 2. The first-order chi connectivity index (χ1) is 3.83. The van der Waals surface area contributed by atoms with Gasteiger partial charge in [0, 0.05) is 0 Å². The average molecular weight is 117 g/mol. The highest BCUT2D eigenvalue weighted by Crippen LogP contribution is 1.76. The number of nitrogens with two attached hydrogens (primary N) is 1. The lowest BCUT2D eigenvalue weighted by molar-refractivity contribution is 0.886. The smallest absolute Gasteiger partial charge is 0.00799 e. The number of hydrogen-bond donors (Lipinski definition) is 1. The van der Waals surface area contributed by atoms with Crippen molar-refractivity contribution in [1.82, 2.24) is 0 Å². The van der Waals surface area contributed by atoms with Gasteiger partial charge < -0.3 is 5.73 Å². The molecule has 8 heavy (non-hydrogen) atoms. The second kappa shape index (κ2) is 15.8. The van der Waals surface area contributed by atoms with Gasteiger partial charge in [-0.1, -0.05) is 33.6 Å². The predicted octanol–water partition coefficient (Wildman–Crippen LogP) is 2.16. The molecule has 0 aromatic rings. The molecule has 0 atom stereocenters. The minimum Gasteiger partial charge on any atom is -0.330 e. The van der Waals surface area contributed by atoms with Crippen LogP contribution in [0.5, 0.6) is 0 Å². The summed E-state index contributed by atoms with van der Waals surface area (Å²) in [5.41, 5.74) is 5.03. The monoisotopic (exact) mass is 117 g/mol. The summed E-state index contributed by atoms with van der Waals surface area (Å²) in [6.45, 7) is 7.24. The molecule has 1 nitrogen and oxygen atoms in total. The molecule has 0 amide bonds. The fraction of sp³-hybridized carbons (Fsp3) is 1.00. The third-order valence-corrected chi connectivity index (χ3v) is 0.789. The van der Waals surface area contributed by atoms with E-state index < -0.39 is 0 Å². The fourth-order valence-electron chi connectivity index (χ4n) is 0. The van der Waals surface area contributed by atoms with Crippen LogP contribution in [-0.4, -0.2) is 6.54 Å². The van der Waals surface area contributed by atoms with E-state index >= 15 is 0 Å². The standard InChI is InChI=1S/C4H10.C3H9N/c1-3-4-2;1-2-3-4/h3-4H2,1-2H3;2-4H2,1H3. The van der Waals surface area contributed by atoms with Crippen LogP contribution in [0.1, 0.15) is 40.0 Å². The van der Waals surface area contributed by atoms with Gasteiger partial charge in [-0.2, -0.15) is 0 Å². The van der Waals surface area contributed by atoms with E-state index in [-0.39, 0.29) is 0 Å². The zero-order valence-corrected chi connectivity index (χ0v) is 6.41. The fourth-order valence-corrected chi connectivity index (χ4v) is 0. The molecule has 0 saturated heterocycles. The van der Waals surface area contributed by atoms with Gasteiger partial charge in [-0.05, 0) is 13.0 Å². The summed E-state index contributed by atoms with van der Waals surface area (Å²) in [7, 11) is 0. The van der Waals surface area contributed by atoms with Crippen LogP contribution in [0.2, 0.25) is 0 Å². The van der Waals surface area contributed by atoms with E-state index in [1.54, 1.807) is 0 Å². The Bertz CT molecular complexity index is 12.3. The number of unbranched alkanes of at least 4 members (excludes halogenated alkanes) is 1. The Labute approximate surface area is 53.3 Å². The van der Waals surface area contributed by atoms with Crippen molar-refractivity contribution in [2.45, 2.75) is 40.0 Å². The molecule has 0 aliphatic carbocycles. The van der Waals surface area contributed by atoms with Gasteiger partial charge in [0.05, 0.1) is 0 Å². The van der Waals surface area contributed by atoms with Crippen molar-refractivity contribution in [3.05, 3.63) is 0 Å². The molecule has 1 heteroatoms. The molecule has 0 rings (SSSR count). The van der Waals surface area contributed by atoms with Crippen LogP contribution in [0.25, 0.3) is 0 Å². The second-order valence-corrected chi connectivity index (χ2v) is 1.79. The Balaban J connectivity index is 0. The molecule has 0 radical (unpaired) electrons. The molecule has 0 aromatic carbocycles. The largest absolute Gasteiger partial charge is 0.330 e. The summed E-state index contributed by atoms with van der Waals surface area (Å²) in [6, 6.07) is 0. The molecule has 0 heterocycles. The zero-order valence-electron chi connectivity index (χ0n) is 6.41. The van der Waals surface area contributed by atoms with Gasteiger partial charge in [0.1, 0.15) is 0 Å². The van der Waals surface area contributed by atoms with Gasteiger partial charge in [0.2, 0.25) is 0 Å². The van der Waals surface area contributed by atoms with Crippen molar-refractivity contribution in [1.29, 1.82) is 0 Å². The van der Waals surface area contributed by atoms with Gasteiger partial charge in [-0.3, -0.25) is 0 Å². The van der Waals surface area contributed by atoms with Gasteiger partial charge >= 0.3 is 0 Å². The van der Waals surface area contributed by atoms with Gasteiger partial charge in [-0.25, -0.2) is 0 Å². The summed E-state index contributed by atoms with van der Waals surface area (Å²) in [6.07, 6.45) is 3.74. The lowest BCUT2D eigenvalue weighted by Gasteiger charge is -1.70. The molecule has 0 aromatic heterocycles. The van der Waals surface area contributed by atoms with Crippen molar-refractivity contribution < 1.29 is 0 Å². The molecule has 0 bridgehead atoms. The molecule has 52 valence electrons. The normalized spacial score (nSPS) is 7.50. The Hall–Kier alpha value is -0.0400. The molecule has 0 aliphatic heterocycles. The summed E-state index contributed by atoms with van der Waals surface area (Å²) in [5.74, 6) is 0. The maximum absolute atomic E-state index is 5.03. The molecule has 2 N–H and O–H groups in total. The van der Waals surface area contributed by atoms with Crippen molar-refractivity contribution in [2.75, 3.05) is 6.54 Å². The van der Waals surface area contributed by atoms with Crippen LogP contribution in [0.3, 0.4) is 0 Å². The second-order valence-electron chi connectivity index (χ2n) is 1.79. The highest BCUT2D eigenvalue weighted by Gasteiger charge is 1.56. The first kappa shape index (κ1) is 10.9. The van der Waals surface area contributed by atoms with E-state index in [1.165, 1.54) is 12.8 Å². The average Bonchev–Trinajstić information content (AvgIpc) is 1.88.